The maximum absolute atomic E-state index is 6.02. The van der Waals surface area contributed by atoms with Crippen molar-refractivity contribution in [1.29, 1.82) is 0 Å². The van der Waals surface area contributed by atoms with E-state index in [0.717, 1.165) is 12.8 Å². The molecule has 1 aliphatic carbocycles. The van der Waals surface area contributed by atoms with E-state index in [-0.39, 0.29) is 11.5 Å². The summed E-state index contributed by atoms with van der Waals surface area (Å²) >= 11 is 6.02. The summed E-state index contributed by atoms with van der Waals surface area (Å²) in [6, 6.07) is 0. The van der Waals surface area contributed by atoms with Gasteiger partial charge in [0.2, 0.25) is 0 Å². The van der Waals surface area contributed by atoms with Gasteiger partial charge in [0.05, 0.1) is 11.5 Å². The van der Waals surface area contributed by atoms with E-state index >= 15 is 0 Å². The zero-order chi connectivity index (χ0) is 8.10. The molecule has 62 valence electrons. The van der Waals surface area contributed by atoms with Crippen LogP contribution in [0.25, 0.3) is 0 Å². The van der Waals surface area contributed by atoms with Crippen molar-refractivity contribution in [2.24, 2.45) is 0 Å². The lowest BCUT2D eigenvalue weighted by Crippen LogP contribution is -2.28. The van der Waals surface area contributed by atoms with Crippen LogP contribution in [-0.2, 0) is 4.74 Å². The highest BCUT2D eigenvalue weighted by molar-refractivity contribution is 6.21. The largest absolute Gasteiger partial charge is 0.364 e. The predicted octanol–water partition coefficient (Wildman–Crippen LogP) is 2.19. The first kappa shape index (κ1) is 8.90. The minimum absolute atomic E-state index is 0.178. The van der Waals surface area contributed by atoms with Crippen LogP contribution >= 0.6 is 11.6 Å². The Bertz CT molecular complexity index is 150. The van der Waals surface area contributed by atoms with Crippen molar-refractivity contribution in [3.63, 3.8) is 0 Å². The molecule has 0 amide bonds. The fraction of sp³-hybridized carbons (Fsp3) is 0.778. The van der Waals surface area contributed by atoms with Crippen LogP contribution in [0.4, 0.5) is 0 Å². The Morgan fingerprint density at radius 3 is 2.82 bits per heavy atom. The van der Waals surface area contributed by atoms with Crippen LogP contribution in [-0.4, -0.2) is 18.1 Å². The molecule has 0 heterocycles. The van der Waals surface area contributed by atoms with Gasteiger partial charge in [-0.3, -0.25) is 0 Å². The molecule has 0 radical (unpaired) electrons. The molecular formula is C9H13ClO. The van der Waals surface area contributed by atoms with Gasteiger partial charge in [-0.1, -0.05) is 18.8 Å². The fourth-order valence-electron chi connectivity index (χ4n) is 1.39. The first-order chi connectivity index (χ1) is 5.34. The number of ether oxygens (including phenoxy) is 1. The summed E-state index contributed by atoms with van der Waals surface area (Å²) in [4.78, 5) is 0. The van der Waals surface area contributed by atoms with Crippen LogP contribution in [0, 0.1) is 12.3 Å². The number of terminal acetylenes is 1. The molecule has 2 atom stereocenters. The van der Waals surface area contributed by atoms with Gasteiger partial charge < -0.3 is 4.74 Å². The Morgan fingerprint density at radius 2 is 2.18 bits per heavy atom. The summed E-state index contributed by atoms with van der Waals surface area (Å²) in [6.45, 7) is 0.397. The molecule has 1 saturated carbocycles. The van der Waals surface area contributed by atoms with Crippen molar-refractivity contribution >= 4 is 11.6 Å². The summed E-state index contributed by atoms with van der Waals surface area (Å²) in [5.41, 5.74) is 0. The number of alkyl halides is 1. The molecule has 2 heteroatoms. The molecule has 2 unspecified atom stereocenters. The van der Waals surface area contributed by atoms with Crippen molar-refractivity contribution in [2.75, 3.05) is 6.61 Å². The molecule has 1 aliphatic rings. The monoisotopic (exact) mass is 172 g/mol. The molecule has 0 bridgehead atoms. The highest BCUT2D eigenvalue weighted by Gasteiger charge is 2.22. The van der Waals surface area contributed by atoms with Crippen molar-refractivity contribution < 1.29 is 4.74 Å². The van der Waals surface area contributed by atoms with Crippen molar-refractivity contribution in [1.82, 2.24) is 0 Å². The lowest BCUT2D eigenvalue weighted by Gasteiger charge is -2.26. The predicted molar refractivity (Wildman–Crippen MR) is 46.7 cm³/mol. The minimum atomic E-state index is 0.178. The van der Waals surface area contributed by atoms with Gasteiger partial charge >= 0.3 is 0 Å². The smallest absolute Gasteiger partial charge is 0.107 e. The maximum atomic E-state index is 6.02. The van der Waals surface area contributed by atoms with E-state index in [2.05, 4.69) is 5.92 Å². The fourth-order valence-corrected chi connectivity index (χ4v) is 1.75. The molecule has 0 aliphatic heterocycles. The van der Waals surface area contributed by atoms with E-state index in [1.165, 1.54) is 12.8 Å². The molecule has 0 aromatic rings. The van der Waals surface area contributed by atoms with Gasteiger partial charge in [0.25, 0.3) is 0 Å². The van der Waals surface area contributed by atoms with E-state index < -0.39 is 0 Å². The van der Waals surface area contributed by atoms with Crippen LogP contribution in [0.3, 0.4) is 0 Å². The summed E-state index contributed by atoms with van der Waals surface area (Å²) < 4.78 is 5.38. The summed E-state index contributed by atoms with van der Waals surface area (Å²) in [6.07, 6.45) is 9.85. The standard InChI is InChI=1S/C9H13ClO/c1-2-7-11-9-6-4-3-5-8(9)10/h1,8-9H,3-7H2. The van der Waals surface area contributed by atoms with Crippen molar-refractivity contribution in [3.8, 4) is 12.3 Å². The molecule has 0 aromatic carbocycles. The second kappa shape index (κ2) is 4.64. The second-order valence-electron chi connectivity index (χ2n) is 2.85. The number of rotatable bonds is 2. The Hall–Kier alpha value is -0.190. The topological polar surface area (TPSA) is 9.23 Å². The third-order valence-corrected chi connectivity index (χ3v) is 2.50. The van der Waals surface area contributed by atoms with Gasteiger partial charge in [0.1, 0.15) is 6.61 Å². The van der Waals surface area contributed by atoms with Gasteiger partial charge in [-0.2, -0.15) is 0 Å². The summed E-state index contributed by atoms with van der Waals surface area (Å²) in [7, 11) is 0. The summed E-state index contributed by atoms with van der Waals surface area (Å²) in [5, 5.41) is 0.178. The van der Waals surface area contributed by atoms with Gasteiger partial charge in [-0.05, 0) is 12.8 Å². The van der Waals surface area contributed by atoms with Crippen LogP contribution in [0.1, 0.15) is 25.7 Å². The summed E-state index contributed by atoms with van der Waals surface area (Å²) in [5.74, 6) is 2.45. The normalized spacial score (nSPS) is 31.3. The van der Waals surface area contributed by atoms with Gasteiger partial charge in [-0.15, -0.1) is 18.0 Å². The first-order valence-electron chi connectivity index (χ1n) is 4.03. The van der Waals surface area contributed by atoms with E-state index in [9.17, 15) is 0 Å². The third-order valence-electron chi connectivity index (χ3n) is 2.00. The molecule has 1 fully saturated rings. The molecule has 0 spiro atoms. The van der Waals surface area contributed by atoms with Gasteiger partial charge in [-0.25, -0.2) is 0 Å². The first-order valence-corrected chi connectivity index (χ1v) is 4.47. The molecule has 11 heavy (non-hydrogen) atoms. The van der Waals surface area contributed by atoms with Gasteiger partial charge in [0.15, 0.2) is 0 Å². The zero-order valence-corrected chi connectivity index (χ0v) is 7.31. The Labute approximate surface area is 73.1 Å². The highest BCUT2D eigenvalue weighted by Crippen LogP contribution is 2.25. The average Bonchev–Trinajstić information content (AvgIpc) is 2.03. The second-order valence-corrected chi connectivity index (χ2v) is 3.41. The van der Waals surface area contributed by atoms with Crippen LogP contribution in [0.15, 0.2) is 0 Å². The maximum Gasteiger partial charge on any atom is 0.107 e. The van der Waals surface area contributed by atoms with E-state index in [1.54, 1.807) is 0 Å². The molecule has 1 nitrogen and oxygen atoms in total. The van der Waals surface area contributed by atoms with E-state index in [4.69, 9.17) is 22.8 Å². The van der Waals surface area contributed by atoms with E-state index in [1.807, 2.05) is 0 Å². The quantitative estimate of drug-likeness (QED) is 0.458. The molecule has 1 rings (SSSR count). The minimum Gasteiger partial charge on any atom is -0.364 e. The van der Waals surface area contributed by atoms with E-state index in [0.29, 0.717) is 6.61 Å². The lowest BCUT2D eigenvalue weighted by molar-refractivity contribution is 0.0530. The van der Waals surface area contributed by atoms with Crippen molar-refractivity contribution in [2.45, 2.75) is 37.2 Å². The zero-order valence-electron chi connectivity index (χ0n) is 6.55. The van der Waals surface area contributed by atoms with Gasteiger partial charge in [0, 0.05) is 0 Å². The molecule has 0 saturated heterocycles. The number of hydrogen-bond donors (Lipinski definition) is 0. The number of hydrogen-bond acceptors (Lipinski definition) is 1. The Morgan fingerprint density at radius 1 is 1.45 bits per heavy atom. The van der Waals surface area contributed by atoms with Crippen LogP contribution in [0.2, 0.25) is 0 Å². The highest BCUT2D eigenvalue weighted by atomic mass is 35.5. The Balaban J connectivity index is 2.25. The third kappa shape index (κ3) is 2.73. The van der Waals surface area contributed by atoms with Crippen molar-refractivity contribution in [3.05, 3.63) is 0 Å². The Kier molecular flexibility index (Phi) is 3.76. The van der Waals surface area contributed by atoms with Crippen LogP contribution in [0.5, 0.6) is 0 Å². The lowest BCUT2D eigenvalue weighted by atomic mass is 9.97. The number of halogens is 1. The molecular weight excluding hydrogens is 160 g/mol. The molecule has 0 aromatic heterocycles. The molecule has 0 N–H and O–H groups in total. The average molecular weight is 173 g/mol. The SMILES string of the molecule is C#CCOC1CCCCC1Cl. The van der Waals surface area contributed by atoms with Crippen LogP contribution < -0.4 is 0 Å².